The van der Waals surface area contributed by atoms with Crippen molar-refractivity contribution in [1.29, 1.82) is 0 Å². The Bertz CT molecular complexity index is 593. The molecule has 2 rings (SSSR count). The lowest BCUT2D eigenvalue weighted by Gasteiger charge is -2.01. The zero-order chi connectivity index (χ0) is 13.8. The smallest absolute Gasteiger partial charge is 0.311 e. The molecule has 1 heterocycles. The van der Waals surface area contributed by atoms with Gasteiger partial charge in [0.15, 0.2) is 0 Å². The number of ether oxygens (including phenoxy) is 1. The summed E-state index contributed by atoms with van der Waals surface area (Å²) in [6.45, 7) is 2.17. The molecule has 0 radical (unpaired) electrons. The highest BCUT2D eigenvalue weighted by atomic mass is 35.5. The summed E-state index contributed by atoms with van der Waals surface area (Å²) in [4.78, 5) is 15.9. The van der Waals surface area contributed by atoms with Crippen LogP contribution in [-0.2, 0) is 23.0 Å². The highest BCUT2D eigenvalue weighted by Crippen LogP contribution is 2.21. The Morgan fingerprint density at radius 1 is 1.47 bits per heavy atom. The van der Waals surface area contributed by atoms with Crippen LogP contribution in [0.15, 0.2) is 30.5 Å². The van der Waals surface area contributed by atoms with E-state index in [0.29, 0.717) is 17.3 Å². The summed E-state index contributed by atoms with van der Waals surface area (Å²) < 4.78 is 6.79. The third-order valence-corrected chi connectivity index (χ3v) is 2.87. The molecule has 0 fully saturated rings. The van der Waals surface area contributed by atoms with E-state index in [1.54, 1.807) is 6.92 Å². The number of esters is 1. The number of rotatable bonds is 4. The molecule has 1 aromatic carbocycles. The second kappa shape index (κ2) is 5.89. The van der Waals surface area contributed by atoms with E-state index >= 15 is 0 Å². The number of carbonyl (C=O) groups excluding carboxylic acids is 1. The molecular formula is C14H15ClN2O2. The maximum Gasteiger partial charge on any atom is 0.311 e. The van der Waals surface area contributed by atoms with Crippen LogP contribution in [0.25, 0.3) is 11.4 Å². The Hall–Kier alpha value is -1.81. The van der Waals surface area contributed by atoms with Crippen LogP contribution in [0, 0.1) is 0 Å². The molecule has 19 heavy (non-hydrogen) atoms. The van der Waals surface area contributed by atoms with E-state index in [1.807, 2.05) is 42.1 Å². The quantitative estimate of drug-likeness (QED) is 0.808. The van der Waals surface area contributed by atoms with E-state index in [9.17, 15) is 4.79 Å². The average molecular weight is 279 g/mol. The van der Waals surface area contributed by atoms with Crippen molar-refractivity contribution in [3.05, 3.63) is 41.2 Å². The Morgan fingerprint density at radius 2 is 2.26 bits per heavy atom. The molecule has 0 amide bonds. The third kappa shape index (κ3) is 3.35. The molecule has 0 saturated heterocycles. The minimum Gasteiger partial charge on any atom is -0.466 e. The maximum atomic E-state index is 11.4. The van der Waals surface area contributed by atoms with Gasteiger partial charge in [0.1, 0.15) is 5.82 Å². The Balaban J connectivity index is 2.24. The normalized spacial score (nSPS) is 10.5. The number of aromatic nitrogens is 2. The summed E-state index contributed by atoms with van der Waals surface area (Å²) in [6, 6.07) is 7.46. The maximum absolute atomic E-state index is 11.4. The van der Waals surface area contributed by atoms with Gasteiger partial charge in [-0.1, -0.05) is 23.7 Å². The van der Waals surface area contributed by atoms with Crippen LogP contribution < -0.4 is 0 Å². The van der Waals surface area contributed by atoms with Gasteiger partial charge in [0, 0.05) is 23.8 Å². The van der Waals surface area contributed by atoms with Gasteiger partial charge in [-0.2, -0.15) is 0 Å². The number of imidazole rings is 1. The molecule has 0 saturated carbocycles. The molecule has 0 N–H and O–H groups in total. The first-order valence-corrected chi connectivity index (χ1v) is 6.41. The molecule has 1 aromatic heterocycles. The van der Waals surface area contributed by atoms with Gasteiger partial charge in [-0.15, -0.1) is 0 Å². The van der Waals surface area contributed by atoms with E-state index in [1.165, 1.54) is 0 Å². The lowest BCUT2D eigenvalue weighted by molar-refractivity contribution is -0.142. The van der Waals surface area contributed by atoms with Crippen molar-refractivity contribution in [2.75, 3.05) is 6.61 Å². The second-order valence-corrected chi connectivity index (χ2v) is 4.60. The van der Waals surface area contributed by atoms with Crippen molar-refractivity contribution in [2.45, 2.75) is 13.3 Å². The highest BCUT2D eigenvalue weighted by Gasteiger charge is 2.11. The summed E-state index contributed by atoms with van der Waals surface area (Å²) in [7, 11) is 1.89. The average Bonchev–Trinajstić information content (AvgIpc) is 2.70. The van der Waals surface area contributed by atoms with Gasteiger partial charge in [-0.05, 0) is 19.1 Å². The monoisotopic (exact) mass is 278 g/mol. The van der Waals surface area contributed by atoms with Crippen LogP contribution >= 0.6 is 11.6 Å². The van der Waals surface area contributed by atoms with Crippen LogP contribution in [0.1, 0.15) is 12.6 Å². The Labute approximate surface area is 117 Å². The predicted octanol–water partition coefficient (Wildman–Crippen LogP) is 2.85. The molecule has 0 bridgehead atoms. The summed E-state index contributed by atoms with van der Waals surface area (Å²) in [6.07, 6.45) is 2.01. The summed E-state index contributed by atoms with van der Waals surface area (Å²) in [5.41, 5.74) is 1.61. The van der Waals surface area contributed by atoms with Gasteiger partial charge in [-0.25, -0.2) is 4.98 Å². The molecular weight excluding hydrogens is 264 g/mol. The van der Waals surface area contributed by atoms with Crippen molar-refractivity contribution in [2.24, 2.45) is 7.05 Å². The van der Waals surface area contributed by atoms with Gasteiger partial charge in [0.2, 0.25) is 0 Å². The van der Waals surface area contributed by atoms with Gasteiger partial charge < -0.3 is 9.30 Å². The Morgan fingerprint density at radius 3 is 2.95 bits per heavy atom. The summed E-state index contributed by atoms with van der Waals surface area (Å²) in [5.74, 6) is 0.514. The molecule has 2 aromatic rings. The lowest BCUT2D eigenvalue weighted by Crippen LogP contribution is -2.07. The summed E-state index contributed by atoms with van der Waals surface area (Å²) in [5, 5.41) is 0.660. The largest absolute Gasteiger partial charge is 0.466 e. The van der Waals surface area contributed by atoms with E-state index in [-0.39, 0.29) is 12.4 Å². The molecule has 100 valence electrons. The standard InChI is InChI=1S/C14H15ClN2O2/c1-3-19-13(18)8-12-9-17(2)14(16-12)10-5-4-6-11(15)7-10/h4-7,9H,3,8H2,1-2H3. The lowest BCUT2D eigenvalue weighted by atomic mass is 10.2. The topological polar surface area (TPSA) is 44.1 Å². The molecule has 5 heteroatoms. The van der Waals surface area contributed by atoms with Crippen LogP contribution in [-0.4, -0.2) is 22.1 Å². The fourth-order valence-electron chi connectivity index (χ4n) is 1.87. The molecule has 0 aliphatic carbocycles. The molecule has 0 spiro atoms. The minimum atomic E-state index is -0.266. The van der Waals surface area contributed by atoms with Gasteiger partial charge in [0.25, 0.3) is 0 Å². The fourth-order valence-corrected chi connectivity index (χ4v) is 2.06. The number of hydrogen-bond acceptors (Lipinski definition) is 3. The second-order valence-electron chi connectivity index (χ2n) is 4.16. The van der Waals surface area contributed by atoms with Gasteiger partial charge >= 0.3 is 5.97 Å². The number of halogens is 1. The number of nitrogens with zero attached hydrogens (tertiary/aromatic N) is 2. The predicted molar refractivity (Wildman–Crippen MR) is 74.0 cm³/mol. The molecule has 0 unspecified atom stereocenters. The third-order valence-electron chi connectivity index (χ3n) is 2.64. The van der Waals surface area contributed by atoms with Crippen molar-refractivity contribution in [3.63, 3.8) is 0 Å². The Kier molecular flexibility index (Phi) is 4.22. The van der Waals surface area contributed by atoms with Crippen molar-refractivity contribution >= 4 is 17.6 Å². The molecule has 0 aliphatic rings. The van der Waals surface area contributed by atoms with E-state index < -0.39 is 0 Å². The number of carbonyl (C=O) groups is 1. The van der Waals surface area contributed by atoms with Crippen molar-refractivity contribution in [3.8, 4) is 11.4 Å². The number of hydrogen-bond donors (Lipinski definition) is 0. The van der Waals surface area contributed by atoms with Crippen LogP contribution in [0.2, 0.25) is 5.02 Å². The molecule has 0 aliphatic heterocycles. The van der Waals surface area contributed by atoms with Crippen molar-refractivity contribution < 1.29 is 9.53 Å². The van der Waals surface area contributed by atoms with E-state index in [0.717, 1.165) is 11.4 Å². The fraction of sp³-hybridized carbons (Fsp3) is 0.286. The van der Waals surface area contributed by atoms with Crippen LogP contribution in [0.4, 0.5) is 0 Å². The molecule has 4 nitrogen and oxygen atoms in total. The first kappa shape index (κ1) is 13.6. The van der Waals surface area contributed by atoms with E-state index in [2.05, 4.69) is 4.98 Å². The van der Waals surface area contributed by atoms with Crippen molar-refractivity contribution in [1.82, 2.24) is 9.55 Å². The zero-order valence-electron chi connectivity index (χ0n) is 10.9. The van der Waals surface area contributed by atoms with Crippen LogP contribution in [0.5, 0.6) is 0 Å². The SMILES string of the molecule is CCOC(=O)Cc1cn(C)c(-c2cccc(Cl)c2)n1. The highest BCUT2D eigenvalue weighted by molar-refractivity contribution is 6.30. The van der Waals surface area contributed by atoms with Crippen LogP contribution in [0.3, 0.4) is 0 Å². The molecule has 0 atom stereocenters. The summed E-state index contributed by atoms with van der Waals surface area (Å²) >= 11 is 5.97. The first-order chi connectivity index (χ1) is 9.10. The number of aryl methyl sites for hydroxylation is 1. The van der Waals surface area contributed by atoms with Gasteiger partial charge in [-0.3, -0.25) is 4.79 Å². The zero-order valence-corrected chi connectivity index (χ0v) is 11.6. The number of benzene rings is 1. The van der Waals surface area contributed by atoms with E-state index in [4.69, 9.17) is 16.3 Å². The van der Waals surface area contributed by atoms with Gasteiger partial charge in [0.05, 0.1) is 18.7 Å². The first-order valence-electron chi connectivity index (χ1n) is 6.04. The minimum absolute atomic E-state index is 0.183.